The molecule has 0 saturated carbocycles. The molecule has 0 saturated heterocycles. The van der Waals surface area contributed by atoms with Crippen LogP contribution >= 0.6 is 0 Å². The van der Waals surface area contributed by atoms with Gasteiger partial charge in [-0.1, -0.05) is 115 Å². The first kappa shape index (κ1) is 29.1. The van der Waals surface area contributed by atoms with E-state index in [9.17, 15) is 0 Å². The normalized spacial score (nSPS) is 12.4. The predicted octanol–water partition coefficient (Wildman–Crippen LogP) is 13.8. The minimum Gasteiger partial charge on any atom is -0.309 e. The van der Waals surface area contributed by atoms with Gasteiger partial charge in [0.1, 0.15) is 0 Å². The van der Waals surface area contributed by atoms with Crippen molar-refractivity contribution < 1.29 is 0 Å². The maximum Gasteiger partial charge on any atom is 0.0547 e. The number of rotatable bonds is 4. The van der Waals surface area contributed by atoms with Crippen LogP contribution in [0.15, 0.2) is 188 Å². The van der Waals surface area contributed by atoms with Crippen LogP contribution < -0.4 is 0 Å². The standard InChI is InChI=1S/C52H31N3/c1-2-8-32(9-3-1)33-22-24-38(25-23-33)53-43-28-26-39(54-45-14-4-10-34-18-19-35-11-5-15-46(54)50(35)49(34)45)30-41(43)42-31-40(27-29-44(42)53)55-47-16-6-12-36-20-21-37-13-7-17-48(55)52(37)51(36)47/h1-31H. The topological polar surface area (TPSA) is 14.8 Å². The van der Waals surface area contributed by atoms with E-state index < -0.39 is 0 Å². The molecule has 254 valence electrons. The molecule has 55 heavy (non-hydrogen) atoms. The molecule has 10 aromatic carbocycles. The minimum absolute atomic E-state index is 1.14. The van der Waals surface area contributed by atoms with Crippen molar-refractivity contribution >= 4 is 87.0 Å². The third kappa shape index (κ3) is 3.89. The van der Waals surface area contributed by atoms with Crippen LogP contribution in [0.4, 0.5) is 0 Å². The molecule has 0 spiro atoms. The molecular weight excluding hydrogens is 667 g/mol. The Labute approximate surface area is 315 Å². The molecule has 0 amide bonds. The van der Waals surface area contributed by atoms with Crippen LogP contribution in [0.2, 0.25) is 0 Å². The van der Waals surface area contributed by atoms with Crippen molar-refractivity contribution in [2.45, 2.75) is 0 Å². The fraction of sp³-hybridized carbons (Fsp3) is 0. The summed E-state index contributed by atoms with van der Waals surface area (Å²) in [6.45, 7) is 0. The maximum absolute atomic E-state index is 2.46. The Morgan fingerprint density at radius 3 is 1.02 bits per heavy atom. The summed E-state index contributed by atoms with van der Waals surface area (Å²) in [6, 6.07) is 69.5. The average Bonchev–Trinajstić information content (AvgIpc) is 3.89. The Balaban J connectivity index is 1.10. The lowest BCUT2D eigenvalue weighted by Gasteiger charge is -2.11. The van der Waals surface area contributed by atoms with E-state index in [4.69, 9.17) is 0 Å². The minimum atomic E-state index is 1.14. The summed E-state index contributed by atoms with van der Waals surface area (Å²) in [7, 11) is 0. The van der Waals surface area contributed by atoms with Crippen molar-refractivity contribution in [3.63, 3.8) is 0 Å². The largest absolute Gasteiger partial charge is 0.309 e. The second kappa shape index (κ2) is 10.6. The lowest BCUT2D eigenvalue weighted by atomic mass is 10.0. The number of aromatic nitrogens is 3. The number of benzene rings is 10. The second-order valence-electron chi connectivity index (χ2n) is 15.0. The number of hydrogen-bond acceptors (Lipinski definition) is 0. The zero-order valence-corrected chi connectivity index (χ0v) is 29.7. The molecule has 0 aliphatic heterocycles. The van der Waals surface area contributed by atoms with Gasteiger partial charge in [0.05, 0.1) is 33.1 Å². The average molecular weight is 698 g/mol. The van der Waals surface area contributed by atoms with Crippen LogP contribution in [0.3, 0.4) is 0 Å². The molecule has 3 nitrogen and oxygen atoms in total. The van der Waals surface area contributed by atoms with E-state index in [-0.39, 0.29) is 0 Å². The highest BCUT2D eigenvalue weighted by Gasteiger charge is 2.21. The van der Waals surface area contributed by atoms with E-state index in [1.54, 1.807) is 0 Å². The van der Waals surface area contributed by atoms with E-state index in [1.807, 2.05) is 0 Å². The maximum atomic E-state index is 2.46. The zero-order chi connectivity index (χ0) is 35.8. The molecule has 0 aliphatic rings. The smallest absolute Gasteiger partial charge is 0.0547 e. The SMILES string of the molecule is c1ccc(-c2ccc(-n3c4ccc(-n5c6cccc7ccc8cccc5c8c76)cc4c4cc(-n5c6cccc7ccc8cccc5c8c76)ccc43)cc2)cc1. The first-order chi connectivity index (χ1) is 27.3. The van der Waals surface area contributed by atoms with E-state index in [0.29, 0.717) is 0 Å². The molecule has 0 N–H and O–H groups in total. The Morgan fingerprint density at radius 1 is 0.236 bits per heavy atom. The van der Waals surface area contributed by atoms with E-state index in [2.05, 4.69) is 202 Å². The molecule has 13 rings (SSSR count). The lowest BCUT2D eigenvalue weighted by Crippen LogP contribution is -1.96. The first-order valence-electron chi connectivity index (χ1n) is 19.0. The molecule has 3 heterocycles. The highest BCUT2D eigenvalue weighted by Crippen LogP contribution is 2.43. The molecule has 0 aliphatic carbocycles. The van der Waals surface area contributed by atoms with Crippen molar-refractivity contribution in [3.05, 3.63) is 188 Å². The van der Waals surface area contributed by atoms with Crippen LogP contribution in [0.25, 0.3) is 115 Å². The molecule has 0 atom stereocenters. The second-order valence-corrected chi connectivity index (χ2v) is 15.0. The molecule has 0 fully saturated rings. The summed E-state index contributed by atoms with van der Waals surface area (Å²) in [6.07, 6.45) is 0. The van der Waals surface area contributed by atoms with Gasteiger partial charge in [-0.25, -0.2) is 0 Å². The fourth-order valence-electron chi connectivity index (χ4n) is 9.78. The summed E-state index contributed by atoms with van der Waals surface area (Å²) < 4.78 is 7.36. The lowest BCUT2D eigenvalue weighted by molar-refractivity contribution is 1.16. The van der Waals surface area contributed by atoms with Gasteiger partial charge >= 0.3 is 0 Å². The molecule has 0 bridgehead atoms. The van der Waals surface area contributed by atoms with Crippen molar-refractivity contribution in [1.29, 1.82) is 0 Å². The monoisotopic (exact) mass is 697 g/mol. The quantitative estimate of drug-likeness (QED) is 0.163. The van der Waals surface area contributed by atoms with Crippen LogP contribution in [-0.4, -0.2) is 13.7 Å². The first-order valence-corrected chi connectivity index (χ1v) is 19.0. The van der Waals surface area contributed by atoms with Gasteiger partial charge < -0.3 is 13.7 Å². The van der Waals surface area contributed by atoms with Crippen LogP contribution in [0, 0.1) is 0 Å². The summed E-state index contributed by atoms with van der Waals surface area (Å²) >= 11 is 0. The van der Waals surface area contributed by atoms with Crippen molar-refractivity contribution in [2.24, 2.45) is 0 Å². The van der Waals surface area contributed by atoms with Gasteiger partial charge in [-0.3, -0.25) is 0 Å². The van der Waals surface area contributed by atoms with Gasteiger partial charge in [0.15, 0.2) is 0 Å². The van der Waals surface area contributed by atoms with Gasteiger partial charge in [-0.05, 0) is 105 Å². The molecule has 0 unspecified atom stereocenters. The molecule has 13 aromatic rings. The highest BCUT2D eigenvalue weighted by molar-refractivity contribution is 6.25. The Kier molecular flexibility index (Phi) is 5.63. The number of hydrogen-bond donors (Lipinski definition) is 0. The van der Waals surface area contributed by atoms with Gasteiger partial charge in [-0.2, -0.15) is 0 Å². The summed E-state index contributed by atoms with van der Waals surface area (Å²) in [5.74, 6) is 0. The Hall–Kier alpha value is -7.36. The predicted molar refractivity (Wildman–Crippen MR) is 232 cm³/mol. The van der Waals surface area contributed by atoms with Crippen LogP contribution in [0.5, 0.6) is 0 Å². The zero-order valence-electron chi connectivity index (χ0n) is 29.7. The van der Waals surface area contributed by atoms with Crippen molar-refractivity contribution in [1.82, 2.24) is 13.7 Å². The van der Waals surface area contributed by atoms with E-state index >= 15 is 0 Å². The fourth-order valence-corrected chi connectivity index (χ4v) is 9.78. The Morgan fingerprint density at radius 2 is 0.600 bits per heavy atom. The molecule has 3 heteroatoms. The van der Waals surface area contributed by atoms with Crippen molar-refractivity contribution in [3.8, 4) is 28.2 Å². The highest BCUT2D eigenvalue weighted by atomic mass is 15.0. The van der Waals surface area contributed by atoms with Gasteiger partial charge in [0.25, 0.3) is 0 Å². The van der Waals surface area contributed by atoms with Crippen LogP contribution in [0.1, 0.15) is 0 Å². The summed E-state index contributed by atoms with van der Waals surface area (Å²) in [5.41, 5.74) is 13.2. The molecular formula is C52H31N3. The van der Waals surface area contributed by atoms with Gasteiger partial charge in [-0.15, -0.1) is 0 Å². The van der Waals surface area contributed by atoms with E-state index in [1.165, 1.54) is 98.1 Å². The third-order valence-corrected chi connectivity index (χ3v) is 12.1. The number of nitrogens with zero attached hydrogens (tertiary/aromatic N) is 3. The summed E-state index contributed by atoms with van der Waals surface area (Å²) in [5, 5.41) is 12.9. The number of fused-ring (bicyclic) bond motifs is 3. The van der Waals surface area contributed by atoms with Gasteiger partial charge in [0, 0.05) is 49.4 Å². The van der Waals surface area contributed by atoms with E-state index in [0.717, 1.165) is 17.1 Å². The van der Waals surface area contributed by atoms with Gasteiger partial charge in [0.2, 0.25) is 0 Å². The van der Waals surface area contributed by atoms with Crippen molar-refractivity contribution in [2.75, 3.05) is 0 Å². The molecule has 3 aromatic heterocycles. The molecule has 0 radical (unpaired) electrons. The Bertz CT molecular complexity index is 3300. The summed E-state index contributed by atoms with van der Waals surface area (Å²) in [4.78, 5) is 0. The third-order valence-electron chi connectivity index (χ3n) is 12.1. The van der Waals surface area contributed by atoms with Crippen LogP contribution in [-0.2, 0) is 0 Å².